The van der Waals surface area contributed by atoms with Crippen LogP contribution in [0.5, 0.6) is 0 Å². The van der Waals surface area contributed by atoms with E-state index >= 15 is 0 Å². The van der Waals surface area contributed by atoms with Crippen molar-refractivity contribution < 1.29 is 12.8 Å². The van der Waals surface area contributed by atoms with Crippen LogP contribution < -0.4 is 10.5 Å². The molecule has 1 aromatic carbocycles. The predicted octanol–water partition coefficient (Wildman–Crippen LogP) is 2.03. The average molecular weight is 362 g/mol. The van der Waals surface area contributed by atoms with Crippen LogP contribution in [0.4, 0.5) is 4.39 Å². The number of rotatable bonds is 6. The SMILES string of the molecule is Cl.NCCCCNS(=O)(=O)c1cc(F)ccc1Br. The maximum Gasteiger partial charge on any atom is 0.241 e. The van der Waals surface area contributed by atoms with Crippen LogP contribution in [0.3, 0.4) is 0 Å². The average Bonchev–Trinajstić information content (AvgIpc) is 2.28. The Kier molecular flexibility index (Phi) is 7.97. The van der Waals surface area contributed by atoms with Gasteiger partial charge in [0.25, 0.3) is 0 Å². The number of sulfonamides is 1. The lowest BCUT2D eigenvalue weighted by atomic mass is 10.3. The van der Waals surface area contributed by atoms with Crippen molar-refractivity contribution in [3.8, 4) is 0 Å². The monoisotopic (exact) mass is 360 g/mol. The molecular formula is C10H15BrClFN2O2S. The molecule has 0 heterocycles. The fourth-order valence-corrected chi connectivity index (χ4v) is 3.28. The summed E-state index contributed by atoms with van der Waals surface area (Å²) >= 11 is 3.08. The second kappa shape index (κ2) is 8.06. The number of halogens is 3. The van der Waals surface area contributed by atoms with Crippen LogP contribution >= 0.6 is 28.3 Å². The van der Waals surface area contributed by atoms with E-state index in [9.17, 15) is 12.8 Å². The standard InChI is InChI=1S/C10H14BrFN2O2S.ClH/c11-9-4-3-8(12)7-10(9)17(15,16)14-6-2-1-5-13;/h3-4,7,14H,1-2,5-6,13H2;1H. The Balaban J connectivity index is 0.00000289. The van der Waals surface area contributed by atoms with Gasteiger partial charge in [0.2, 0.25) is 10.0 Å². The van der Waals surface area contributed by atoms with Crippen molar-refractivity contribution in [1.82, 2.24) is 4.72 Å². The number of hydrogen-bond donors (Lipinski definition) is 2. The van der Waals surface area contributed by atoms with Crippen molar-refractivity contribution in [3.63, 3.8) is 0 Å². The fraction of sp³-hybridized carbons (Fsp3) is 0.400. The van der Waals surface area contributed by atoms with E-state index in [0.717, 1.165) is 12.5 Å². The van der Waals surface area contributed by atoms with Crippen molar-refractivity contribution >= 4 is 38.4 Å². The summed E-state index contributed by atoms with van der Waals surface area (Å²) in [6.07, 6.45) is 1.40. The summed E-state index contributed by atoms with van der Waals surface area (Å²) in [5.41, 5.74) is 5.30. The van der Waals surface area contributed by atoms with E-state index in [1.807, 2.05) is 0 Å². The molecule has 8 heteroatoms. The van der Waals surface area contributed by atoms with Gasteiger partial charge in [-0.15, -0.1) is 12.4 Å². The molecule has 104 valence electrons. The van der Waals surface area contributed by atoms with E-state index in [1.54, 1.807) is 0 Å². The Labute approximate surface area is 121 Å². The Bertz CT molecular complexity index is 485. The second-order valence-corrected chi connectivity index (χ2v) is 6.06. The zero-order valence-electron chi connectivity index (χ0n) is 9.53. The van der Waals surface area contributed by atoms with E-state index < -0.39 is 15.8 Å². The molecule has 0 spiro atoms. The molecular weight excluding hydrogens is 347 g/mol. The van der Waals surface area contributed by atoms with Crippen LogP contribution in [0.1, 0.15) is 12.8 Å². The molecule has 0 aliphatic heterocycles. The molecule has 1 rings (SSSR count). The molecule has 0 aromatic heterocycles. The first-order chi connectivity index (χ1) is 7.97. The van der Waals surface area contributed by atoms with Crippen LogP contribution in [-0.2, 0) is 10.0 Å². The van der Waals surface area contributed by atoms with Gasteiger partial charge in [-0.3, -0.25) is 0 Å². The van der Waals surface area contributed by atoms with Gasteiger partial charge in [0.15, 0.2) is 0 Å². The molecule has 0 saturated carbocycles. The molecule has 0 fully saturated rings. The van der Waals surface area contributed by atoms with Crippen molar-refractivity contribution in [2.24, 2.45) is 5.73 Å². The Morgan fingerprint density at radius 2 is 2.00 bits per heavy atom. The van der Waals surface area contributed by atoms with Crippen molar-refractivity contribution in [3.05, 3.63) is 28.5 Å². The minimum Gasteiger partial charge on any atom is -0.330 e. The molecule has 4 nitrogen and oxygen atoms in total. The van der Waals surface area contributed by atoms with E-state index in [-0.39, 0.29) is 17.3 Å². The smallest absolute Gasteiger partial charge is 0.241 e. The van der Waals surface area contributed by atoms with Gasteiger partial charge in [-0.25, -0.2) is 17.5 Å². The van der Waals surface area contributed by atoms with Crippen molar-refractivity contribution in [1.29, 1.82) is 0 Å². The Morgan fingerprint density at radius 3 is 2.61 bits per heavy atom. The topological polar surface area (TPSA) is 72.2 Å². The van der Waals surface area contributed by atoms with Gasteiger partial charge >= 0.3 is 0 Å². The van der Waals surface area contributed by atoms with Gasteiger partial charge in [-0.2, -0.15) is 0 Å². The van der Waals surface area contributed by atoms with Crippen LogP contribution in [-0.4, -0.2) is 21.5 Å². The van der Waals surface area contributed by atoms with Gasteiger partial charge < -0.3 is 5.73 Å². The highest BCUT2D eigenvalue weighted by molar-refractivity contribution is 9.10. The number of unbranched alkanes of at least 4 members (excludes halogenated alkanes) is 1. The molecule has 3 N–H and O–H groups in total. The molecule has 0 aliphatic rings. The number of nitrogens with two attached hydrogens (primary N) is 1. The summed E-state index contributed by atoms with van der Waals surface area (Å²) in [6, 6.07) is 3.54. The third-order valence-electron chi connectivity index (χ3n) is 2.11. The minimum absolute atomic E-state index is 0. The lowest BCUT2D eigenvalue weighted by Crippen LogP contribution is -2.25. The zero-order chi connectivity index (χ0) is 12.9. The molecule has 0 atom stereocenters. The van der Waals surface area contributed by atoms with Crippen LogP contribution in [0.2, 0.25) is 0 Å². The largest absolute Gasteiger partial charge is 0.330 e. The van der Waals surface area contributed by atoms with E-state index in [4.69, 9.17) is 5.73 Å². The van der Waals surface area contributed by atoms with Gasteiger partial charge in [0, 0.05) is 11.0 Å². The summed E-state index contributed by atoms with van der Waals surface area (Å²) in [7, 11) is -3.67. The molecule has 0 radical (unpaired) electrons. The number of nitrogens with one attached hydrogen (secondary N) is 1. The van der Waals surface area contributed by atoms with E-state index in [1.165, 1.54) is 12.1 Å². The molecule has 0 unspecified atom stereocenters. The normalized spacial score (nSPS) is 11.1. The summed E-state index contributed by atoms with van der Waals surface area (Å²) in [6.45, 7) is 0.813. The van der Waals surface area contributed by atoms with Crippen LogP contribution in [0.25, 0.3) is 0 Å². The van der Waals surface area contributed by atoms with E-state index in [0.29, 0.717) is 24.0 Å². The fourth-order valence-electron chi connectivity index (χ4n) is 1.24. The van der Waals surface area contributed by atoms with Gasteiger partial charge in [-0.05, 0) is 53.5 Å². The summed E-state index contributed by atoms with van der Waals surface area (Å²) in [5.74, 6) is -0.587. The van der Waals surface area contributed by atoms with Gasteiger partial charge in [0.05, 0.1) is 4.90 Å². The first kappa shape index (κ1) is 17.8. The summed E-state index contributed by atoms with van der Waals surface area (Å²) in [5, 5.41) is 0. The molecule has 0 amide bonds. The third-order valence-corrected chi connectivity index (χ3v) is 4.56. The Hall–Kier alpha value is -0.210. The summed E-state index contributed by atoms with van der Waals surface area (Å²) < 4.78 is 39.4. The second-order valence-electron chi connectivity index (χ2n) is 3.47. The maximum absolute atomic E-state index is 13.0. The minimum atomic E-state index is -3.67. The van der Waals surface area contributed by atoms with Crippen LogP contribution in [0.15, 0.2) is 27.6 Å². The highest BCUT2D eigenvalue weighted by atomic mass is 79.9. The Morgan fingerprint density at radius 1 is 1.33 bits per heavy atom. The zero-order valence-corrected chi connectivity index (χ0v) is 12.7. The molecule has 0 aliphatic carbocycles. The third kappa shape index (κ3) is 5.19. The molecule has 18 heavy (non-hydrogen) atoms. The molecule has 1 aromatic rings. The predicted molar refractivity (Wildman–Crippen MR) is 74.8 cm³/mol. The van der Waals surface area contributed by atoms with Crippen molar-refractivity contribution in [2.45, 2.75) is 17.7 Å². The van der Waals surface area contributed by atoms with Crippen LogP contribution in [0, 0.1) is 5.82 Å². The molecule has 0 bridgehead atoms. The van der Waals surface area contributed by atoms with Gasteiger partial charge in [0.1, 0.15) is 5.82 Å². The first-order valence-corrected chi connectivity index (χ1v) is 7.40. The highest BCUT2D eigenvalue weighted by Gasteiger charge is 2.17. The number of benzene rings is 1. The highest BCUT2D eigenvalue weighted by Crippen LogP contribution is 2.22. The maximum atomic E-state index is 13.0. The van der Waals surface area contributed by atoms with Gasteiger partial charge in [-0.1, -0.05) is 0 Å². The number of hydrogen-bond acceptors (Lipinski definition) is 3. The van der Waals surface area contributed by atoms with E-state index in [2.05, 4.69) is 20.7 Å². The van der Waals surface area contributed by atoms with Crippen molar-refractivity contribution in [2.75, 3.05) is 13.1 Å². The molecule has 0 saturated heterocycles. The lowest BCUT2D eigenvalue weighted by molar-refractivity contribution is 0.573. The summed E-state index contributed by atoms with van der Waals surface area (Å²) in [4.78, 5) is -0.0924. The lowest BCUT2D eigenvalue weighted by Gasteiger charge is -2.08. The quantitative estimate of drug-likeness (QED) is 0.762. The first-order valence-electron chi connectivity index (χ1n) is 5.12.